The summed E-state index contributed by atoms with van der Waals surface area (Å²) in [6.07, 6.45) is -0.643. The molecule has 0 bridgehead atoms. The minimum Gasteiger partial charge on any atom is -0.480 e. The molecule has 0 saturated heterocycles. The molecule has 1 aromatic rings. The van der Waals surface area contributed by atoms with Gasteiger partial charge in [0.1, 0.15) is 13.2 Å². The Labute approximate surface area is 99.6 Å². The molecule has 0 atom stereocenters. The van der Waals surface area contributed by atoms with E-state index in [4.69, 9.17) is 9.84 Å². The first-order valence-corrected chi connectivity index (χ1v) is 5.15. The Kier molecular flexibility index (Phi) is 4.51. The van der Waals surface area contributed by atoms with Crippen LogP contribution in [0.2, 0.25) is 0 Å². The first-order chi connectivity index (χ1) is 8.00. The van der Waals surface area contributed by atoms with Crippen molar-refractivity contribution in [2.75, 3.05) is 13.6 Å². The zero-order valence-corrected chi connectivity index (χ0v) is 9.84. The maximum Gasteiger partial charge on any atom is 0.410 e. The van der Waals surface area contributed by atoms with Crippen molar-refractivity contribution in [3.05, 3.63) is 35.4 Å². The van der Waals surface area contributed by atoms with E-state index in [2.05, 4.69) is 0 Å². The Hall–Kier alpha value is -2.04. The third-order valence-electron chi connectivity index (χ3n) is 2.30. The molecule has 0 radical (unpaired) electrons. The number of hydrogen-bond acceptors (Lipinski definition) is 3. The number of carbonyl (C=O) groups excluding carboxylic acids is 1. The van der Waals surface area contributed by atoms with Crippen LogP contribution in [-0.2, 0) is 16.1 Å². The molecule has 1 aromatic carbocycles. The highest BCUT2D eigenvalue weighted by atomic mass is 16.6. The van der Waals surface area contributed by atoms with E-state index in [0.717, 1.165) is 16.0 Å². The van der Waals surface area contributed by atoms with Gasteiger partial charge in [0.25, 0.3) is 0 Å². The number of carboxylic acids is 1. The van der Waals surface area contributed by atoms with Gasteiger partial charge in [-0.05, 0) is 18.1 Å². The van der Waals surface area contributed by atoms with E-state index in [1.807, 2.05) is 31.2 Å². The largest absolute Gasteiger partial charge is 0.480 e. The van der Waals surface area contributed by atoms with Gasteiger partial charge in [-0.3, -0.25) is 4.79 Å². The molecular formula is C12H15NO4. The molecule has 0 saturated carbocycles. The molecule has 1 N–H and O–H groups in total. The van der Waals surface area contributed by atoms with E-state index >= 15 is 0 Å². The molecular weight excluding hydrogens is 222 g/mol. The highest BCUT2D eigenvalue weighted by molar-refractivity contribution is 5.76. The molecule has 1 rings (SSSR count). The second-order valence-corrected chi connectivity index (χ2v) is 3.73. The second kappa shape index (κ2) is 5.89. The van der Waals surface area contributed by atoms with Gasteiger partial charge in [0.15, 0.2) is 0 Å². The third-order valence-corrected chi connectivity index (χ3v) is 2.30. The summed E-state index contributed by atoms with van der Waals surface area (Å²) >= 11 is 0. The fourth-order valence-corrected chi connectivity index (χ4v) is 1.29. The predicted octanol–water partition coefficient (Wildman–Crippen LogP) is 1.65. The number of nitrogens with zero attached hydrogens (tertiary/aromatic N) is 1. The molecule has 5 nitrogen and oxygen atoms in total. The van der Waals surface area contributed by atoms with Gasteiger partial charge in [-0.1, -0.05) is 24.3 Å². The highest BCUT2D eigenvalue weighted by Crippen LogP contribution is 2.08. The van der Waals surface area contributed by atoms with Crippen LogP contribution in [0.5, 0.6) is 0 Å². The van der Waals surface area contributed by atoms with Gasteiger partial charge in [0.05, 0.1) is 0 Å². The summed E-state index contributed by atoms with van der Waals surface area (Å²) in [7, 11) is 1.38. The molecule has 92 valence electrons. The van der Waals surface area contributed by atoms with Gasteiger partial charge in [0.2, 0.25) is 0 Å². The van der Waals surface area contributed by atoms with Crippen molar-refractivity contribution in [2.24, 2.45) is 0 Å². The second-order valence-electron chi connectivity index (χ2n) is 3.73. The van der Waals surface area contributed by atoms with Crippen LogP contribution in [0, 0.1) is 6.92 Å². The lowest BCUT2D eigenvalue weighted by Crippen LogP contribution is -2.32. The zero-order valence-electron chi connectivity index (χ0n) is 9.84. The monoisotopic (exact) mass is 237 g/mol. The van der Waals surface area contributed by atoms with E-state index in [-0.39, 0.29) is 13.2 Å². The van der Waals surface area contributed by atoms with Crippen molar-refractivity contribution in [1.29, 1.82) is 0 Å². The Morgan fingerprint density at radius 1 is 1.35 bits per heavy atom. The van der Waals surface area contributed by atoms with Crippen LogP contribution in [0.25, 0.3) is 0 Å². The van der Waals surface area contributed by atoms with Crippen molar-refractivity contribution >= 4 is 12.1 Å². The molecule has 0 fully saturated rings. The Morgan fingerprint density at radius 3 is 2.59 bits per heavy atom. The Bertz CT molecular complexity index is 417. The first-order valence-electron chi connectivity index (χ1n) is 5.15. The lowest BCUT2D eigenvalue weighted by molar-refractivity contribution is -0.137. The molecule has 0 spiro atoms. The van der Waals surface area contributed by atoms with E-state index in [0.29, 0.717) is 0 Å². The number of carboxylic acid groups (broad SMARTS) is 1. The quantitative estimate of drug-likeness (QED) is 0.864. The predicted molar refractivity (Wildman–Crippen MR) is 61.6 cm³/mol. The topological polar surface area (TPSA) is 66.8 Å². The van der Waals surface area contributed by atoms with Crippen molar-refractivity contribution in [3.8, 4) is 0 Å². The molecule has 0 aromatic heterocycles. The van der Waals surface area contributed by atoms with Crippen molar-refractivity contribution < 1.29 is 19.4 Å². The summed E-state index contributed by atoms with van der Waals surface area (Å²) in [5.41, 5.74) is 1.94. The number of benzene rings is 1. The van der Waals surface area contributed by atoms with Crippen molar-refractivity contribution in [2.45, 2.75) is 13.5 Å². The lowest BCUT2D eigenvalue weighted by Gasteiger charge is -2.15. The van der Waals surface area contributed by atoms with Crippen LogP contribution >= 0.6 is 0 Å². The SMILES string of the molecule is Cc1ccccc1COC(=O)N(C)CC(=O)O. The fraction of sp³-hybridized carbons (Fsp3) is 0.333. The summed E-state index contributed by atoms with van der Waals surface area (Å²) in [4.78, 5) is 22.8. The molecule has 0 aliphatic heterocycles. The van der Waals surface area contributed by atoms with Gasteiger partial charge in [-0.15, -0.1) is 0 Å². The van der Waals surface area contributed by atoms with E-state index in [1.54, 1.807) is 0 Å². The molecule has 5 heteroatoms. The zero-order chi connectivity index (χ0) is 12.8. The number of ether oxygens (including phenoxy) is 1. The maximum atomic E-state index is 11.4. The smallest absolute Gasteiger partial charge is 0.410 e. The van der Waals surface area contributed by atoms with Crippen LogP contribution in [0.4, 0.5) is 4.79 Å². The highest BCUT2D eigenvalue weighted by Gasteiger charge is 2.13. The standard InChI is InChI=1S/C12H15NO4/c1-9-5-3-4-6-10(9)8-17-12(16)13(2)7-11(14)15/h3-6H,7-8H2,1-2H3,(H,14,15). The third kappa shape index (κ3) is 4.14. The maximum absolute atomic E-state index is 11.4. The van der Waals surface area contributed by atoms with Crippen molar-refractivity contribution in [3.63, 3.8) is 0 Å². The normalized spacial score (nSPS) is 9.76. The number of carbonyl (C=O) groups is 2. The lowest BCUT2D eigenvalue weighted by atomic mass is 10.1. The van der Waals surface area contributed by atoms with Gasteiger partial charge in [-0.25, -0.2) is 4.79 Å². The number of rotatable bonds is 4. The summed E-state index contributed by atoms with van der Waals surface area (Å²) in [6, 6.07) is 7.54. The fourth-order valence-electron chi connectivity index (χ4n) is 1.29. The minimum atomic E-state index is -1.07. The Morgan fingerprint density at radius 2 is 2.00 bits per heavy atom. The summed E-state index contributed by atoms with van der Waals surface area (Å²) in [6.45, 7) is 1.70. The van der Waals surface area contributed by atoms with Crippen LogP contribution < -0.4 is 0 Å². The number of aryl methyl sites for hydroxylation is 1. The van der Waals surface area contributed by atoms with Crippen LogP contribution in [0.1, 0.15) is 11.1 Å². The van der Waals surface area contributed by atoms with Gasteiger partial charge in [0, 0.05) is 7.05 Å². The van der Waals surface area contributed by atoms with Crippen LogP contribution in [0.15, 0.2) is 24.3 Å². The van der Waals surface area contributed by atoms with E-state index in [9.17, 15) is 9.59 Å². The summed E-state index contributed by atoms with van der Waals surface area (Å²) < 4.78 is 5.00. The average Bonchev–Trinajstić information content (AvgIpc) is 2.26. The van der Waals surface area contributed by atoms with Gasteiger partial charge < -0.3 is 14.7 Å². The summed E-state index contributed by atoms with van der Waals surface area (Å²) in [5.74, 6) is -1.07. The Balaban J connectivity index is 2.48. The average molecular weight is 237 g/mol. The molecule has 0 aliphatic carbocycles. The van der Waals surface area contributed by atoms with Gasteiger partial charge >= 0.3 is 12.1 Å². The van der Waals surface area contributed by atoms with Crippen LogP contribution in [0.3, 0.4) is 0 Å². The van der Waals surface area contributed by atoms with E-state index in [1.165, 1.54) is 7.05 Å². The minimum absolute atomic E-state index is 0.148. The number of likely N-dealkylation sites (N-methyl/N-ethyl adjacent to an activating group) is 1. The van der Waals surface area contributed by atoms with Crippen molar-refractivity contribution in [1.82, 2.24) is 4.90 Å². The number of amides is 1. The molecule has 0 aliphatic rings. The summed E-state index contributed by atoms with van der Waals surface area (Å²) in [5, 5.41) is 8.51. The molecule has 0 heterocycles. The van der Waals surface area contributed by atoms with E-state index < -0.39 is 12.1 Å². The number of aliphatic carboxylic acids is 1. The molecule has 0 unspecified atom stereocenters. The molecule has 1 amide bonds. The number of hydrogen-bond donors (Lipinski definition) is 1. The first kappa shape index (κ1) is 13.0. The van der Waals surface area contributed by atoms with Crippen LogP contribution in [-0.4, -0.2) is 35.7 Å². The molecule has 17 heavy (non-hydrogen) atoms. The van der Waals surface area contributed by atoms with Gasteiger partial charge in [-0.2, -0.15) is 0 Å².